The van der Waals surface area contributed by atoms with Crippen molar-refractivity contribution in [2.75, 3.05) is 4.90 Å². The minimum Gasteiger partial charge on any atom is -0.301 e. The molecule has 158 valence electrons. The van der Waals surface area contributed by atoms with E-state index >= 15 is 0 Å². The minimum absolute atomic E-state index is 0.0103. The Morgan fingerprint density at radius 1 is 1.03 bits per heavy atom. The molecule has 0 amide bonds. The van der Waals surface area contributed by atoms with Gasteiger partial charge >= 0.3 is 0 Å². The second-order valence-electron chi connectivity index (χ2n) is 8.14. The number of carbonyl (C=O) groups is 1. The molecular formula is C26H20FN3OS. The number of halogens is 1. The Morgan fingerprint density at radius 3 is 2.44 bits per heavy atom. The molecule has 0 saturated heterocycles. The summed E-state index contributed by atoms with van der Waals surface area (Å²) in [5.74, 6) is -1.52. The van der Waals surface area contributed by atoms with Crippen LogP contribution in [-0.4, -0.2) is 11.6 Å². The molecule has 0 spiro atoms. The van der Waals surface area contributed by atoms with Gasteiger partial charge in [-0.25, -0.2) is 4.39 Å². The molecule has 3 atom stereocenters. The molecule has 2 aliphatic rings. The highest BCUT2D eigenvalue weighted by Gasteiger charge is 2.46. The second-order valence-corrected chi connectivity index (χ2v) is 8.92. The molecule has 1 N–H and O–H groups in total. The summed E-state index contributed by atoms with van der Waals surface area (Å²) in [5.41, 5.74) is 3.92. The maximum atomic E-state index is 13.6. The molecule has 3 unspecified atom stereocenters. The number of allylic oxidation sites excluding steroid dienone is 2. The number of ketones is 1. The normalized spacial score (nSPS) is 23.1. The van der Waals surface area contributed by atoms with Gasteiger partial charge in [-0.2, -0.15) is 16.6 Å². The first kappa shape index (κ1) is 20.3. The van der Waals surface area contributed by atoms with Crippen LogP contribution < -0.4 is 4.90 Å². The largest absolute Gasteiger partial charge is 0.301 e. The van der Waals surface area contributed by atoms with Gasteiger partial charge in [-0.1, -0.05) is 30.3 Å². The fourth-order valence-electron chi connectivity index (χ4n) is 4.88. The van der Waals surface area contributed by atoms with Crippen molar-refractivity contribution in [1.82, 2.24) is 0 Å². The van der Waals surface area contributed by atoms with Crippen LogP contribution >= 0.6 is 11.3 Å². The van der Waals surface area contributed by atoms with Crippen molar-refractivity contribution in [2.45, 2.75) is 24.7 Å². The highest BCUT2D eigenvalue weighted by molar-refractivity contribution is 7.08. The van der Waals surface area contributed by atoms with Crippen molar-refractivity contribution in [2.24, 2.45) is 5.92 Å². The zero-order valence-electron chi connectivity index (χ0n) is 17.2. The van der Waals surface area contributed by atoms with Gasteiger partial charge in [-0.05, 0) is 64.6 Å². The van der Waals surface area contributed by atoms with Gasteiger partial charge in [0.2, 0.25) is 0 Å². The quantitative estimate of drug-likeness (QED) is 0.541. The van der Waals surface area contributed by atoms with Crippen LogP contribution in [0.5, 0.6) is 0 Å². The number of anilines is 1. The topological polar surface area (TPSA) is 68.0 Å². The number of nitrogens with zero attached hydrogens (tertiary/aromatic N) is 2. The summed E-state index contributed by atoms with van der Waals surface area (Å²) in [6.45, 7) is 0. The van der Waals surface area contributed by atoms with Crippen molar-refractivity contribution in [3.63, 3.8) is 0 Å². The Morgan fingerprint density at radius 2 is 1.78 bits per heavy atom. The summed E-state index contributed by atoms with van der Waals surface area (Å²) in [6.07, 6.45) is 0.940. The van der Waals surface area contributed by atoms with E-state index in [4.69, 9.17) is 5.41 Å². The van der Waals surface area contributed by atoms with E-state index in [0.717, 1.165) is 16.8 Å². The van der Waals surface area contributed by atoms with Crippen LogP contribution in [0.15, 0.2) is 82.7 Å². The van der Waals surface area contributed by atoms with Crippen molar-refractivity contribution in [3.8, 4) is 6.07 Å². The van der Waals surface area contributed by atoms with Gasteiger partial charge in [0, 0.05) is 29.3 Å². The van der Waals surface area contributed by atoms with E-state index in [9.17, 15) is 14.4 Å². The van der Waals surface area contributed by atoms with Gasteiger partial charge in [0.1, 0.15) is 17.6 Å². The lowest BCUT2D eigenvalue weighted by Gasteiger charge is -2.43. The molecule has 1 aliphatic heterocycles. The molecule has 0 saturated carbocycles. The third-order valence-corrected chi connectivity index (χ3v) is 7.03. The molecule has 1 aromatic heterocycles. The lowest BCUT2D eigenvalue weighted by Crippen LogP contribution is -2.46. The first-order valence-corrected chi connectivity index (χ1v) is 11.4. The van der Waals surface area contributed by atoms with Gasteiger partial charge in [-0.3, -0.25) is 10.2 Å². The predicted molar refractivity (Wildman–Crippen MR) is 123 cm³/mol. The standard InChI is InChI=1S/C26H20FN3OS/c27-19-6-8-20(9-7-19)30-22-12-18(16-4-2-1-3-5-16)13-23(31)25(22)24(17-10-11-32-15-17)21(14-28)26(30)29/h1-11,15,18,21,24,29H,12-13H2. The lowest BCUT2D eigenvalue weighted by atomic mass is 9.69. The van der Waals surface area contributed by atoms with Crippen LogP contribution in [0, 0.1) is 28.5 Å². The van der Waals surface area contributed by atoms with Crippen molar-refractivity contribution >= 4 is 28.6 Å². The zero-order valence-corrected chi connectivity index (χ0v) is 18.0. The number of nitriles is 1. The van der Waals surface area contributed by atoms with Gasteiger partial charge in [-0.15, -0.1) is 0 Å². The first-order chi connectivity index (χ1) is 15.6. The predicted octanol–water partition coefficient (Wildman–Crippen LogP) is 6.01. The van der Waals surface area contributed by atoms with Crippen LogP contribution in [0.1, 0.15) is 35.8 Å². The van der Waals surface area contributed by atoms with Crippen molar-refractivity contribution in [1.29, 1.82) is 10.7 Å². The number of benzene rings is 2. The lowest BCUT2D eigenvalue weighted by molar-refractivity contribution is -0.116. The smallest absolute Gasteiger partial charge is 0.161 e. The van der Waals surface area contributed by atoms with Gasteiger partial charge < -0.3 is 4.90 Å². The van der Waals surface area contributed by atoms with E-state index in [2.05, 4.69) is 6.07 Å². The van der Waals surface area contributed by atoms with E-state index in [1.165, 1.54) is 23.5 Å². The number of amidine groups is 1. The molecule has 4 nitrogen and oxygen atoms in total. The van der Waals surface area contributed by atoms with E-state index in [1.807, 2.05) is 47.2 Å². The highest BCUT2D eigenvalue weighted by Crippen LogP contribution is 2.49. The Labute approximate surface area is 189 Å². The molecule has 1 aliphatic carbocycles. The maximum absolute atomic E-state index is 13.6. The van der Waals surface area contributed by atoms with Crippen molar-refractivity contribution < 1.29 is 9.18 Å². The number of nitrogens with one attached hydrogen (secondary N) is 1. The summed E-state index contributed by atoms with van der Waals surface area (Å²) in [5, 5.41) is 22.9. The molecule has 6 heteroatoms. The van der Waals surface area contributed by atoms with E-state index in [1.54, 1.807) is 17.0 Å². The Hall–Kier alpha value is -3.56. The number of carbonyl (C=O) groups excluding carboxylic acids is 1. The van der Waals surface area contributed by atoms with Gasteiger partial charge in [0.25, 0.3) is 0 Å². The summed E-state index contributed by atoms with van der Waals surface area (Å²) < 4.78 is 13.6. The molecular weight excluding hydrogens is 421 g/mol. The Balaban J connectivity index is 1.71. The van der Waals surface area contributed by atoms with Crippen LogP contribution in [0.3, 0.4) is 0 Å². The third kappa shape index (κ3) is 3.35. The molecule has 5 rings (SSSR count). The minimum atomic E-state index is -0.800. The number of thiophene rings is 1. The van der Waals surface area contributed by atoms with E-state index in [-0.39, 0.29) is 23.4 Å². The number of hydrogen-bond acceptors (Lipinski definition) is 4. The summed E-state index contributed by atoms with van der Waals surface area (Å²) >= 11 is 1.51. The van der Waals surface area contributed by atoms with Crippen LogP contribution in [0.25, 0.3) is 0 Å². The summed E-state index contributed by atoms with van der Waals surface area (Å²) in [4.78, 5) is 15.3. The van der Waals surface area contributed by atoms with E-state index in [0.29, 0.717) is 24.1 Å². The number of rotatable bonds is 3. The van der Waals surface area contributed by atoms with Crippen LogP contribution in [0.4, 0.5) is 10.1 Å². The third-order valence-electron chi connectivity index (χ3n) is 6.33. The number of hydrogen-bond donors (Lipinski definition) is 1. The van der Waals surface area contributed by atoms with Gasteiger partial charge in [0.05, 0.1) is 6.07 Å². The fourth-order valence-corrected chi connectivity index (χ4v) is 5.57. The monoisotopic (exact) mass is 441 g/mol. The van der Waals surface area contributed by atoms with E-state index < -0.39 is 11.8 Å². The summed E-state index contributed by atoms with van der Waals surface area (Å²) in [7, 11) is 0. The Bertz CT molecular complexity index is 1240. The molecule has 2 aromatic carbocycles. The fraction of sp³-hybridized carbons (Fsp3) is 0.192. The Kier molecular flexibility index (Phi) is 5.20. The molecule has 0 bridgehead atoms. The highest BCUT2D eigenvalue weighted by atomic mass is 32.1. The molecule has 2 heterocycles. The zero-order chi connectivity index (χ0) is 22.2. The summed E-state index contributed by atoms with van der Waals surface area (Å²) in [6, 6.07) is 20.0. The molecule has 32 heavy (non-hydrogen) atoms. The van der Waals surface area contributed by atoms with Crippen molar-refractivity contribution in [3.05, 3.63) is 99.6 Å². The van der Waals surface area contributed by atoms with Crippen LogP contribution in [-0.2, 0) is 4.79 Å². The average molecular weight is 442 g/mol. The molecule has 3 aromatic rings. The number of Topliss-reactive ketones (excluding diaryl/α,β-unsaturated/α-hetero) is 1. The average Bonchev–Trinajstić information content (AvgIpc) is 3.34. The SMILES string of the molecule is N#CC1C(=N)N(c2ccc(F)cc2)C2=C(C(=O)CC(c3ccccc3)C2)C1c1ccsc1. The van der Waals surface area contributed by atoms with Crippen LogP contribution in [0.2, 0.25) is 0 Å². The first-order valence-electron chi connectivity index (χ1n) is 10.5. The molecule has 0 fully saturated rings. The van der Waals surface area contributed by atoms with Gasteiger partial charge in [0.15, 0.2) is 5.78 Å². The maximum Gasteiger partial charge on any atom is 0.161 e. The second kappa shape index (κ2) is 8.18. The molecule has 0 radical (unpaired) electrons.